The Morgan fingerprint density at radius 2 is 2.17 bits per heavy atom. The molecule has 2 aromatic rings. The van der Waals surface area contributed by atoms with Gasteiger partial charge in [0.15, 0.2) is 0 Å². The fourth-order valence-electron chi connectivity index (χ4n) is 7.89. The fourth-order valence-corrected chi connectivity index (χ4v) is 7.89. The van der Waals surface area contributed by atoms with Crippen molar-refractivity contribution in [2.75, 3.05) is 44.5 Å². The van der Waals surface area contributed by atoms with Crippen LogP contribution in [0.2, 0.25) is 0 Å². The molecule has 4 atom stereocenters. The number of anilines is 1. The van der Waals surface area contributed by atoms with Crippen molar-refractivity contribution >= 4 is 5.69 Å². The number of fused-ring (bicyclic) bond motifs is 4. The minimum Gasteiger partial charge on any atom is -0.507 e. The molecule has 212 valence electrons. The molecule has 1 N–H and O–H groups in total. The summed E-state index contributed by atoms with van der Waals surface area (Å²) in [6, 6.07) is 7.81. The highest BCUT2D eigenvalue weighted by Crippen LogP contribution is 2.52. The number of hydrogen-bond acceptors (Lipinski definition) is 8. The van der Waals surface area contributed by atoms with Gasteiger partial charge in [-0.15, -0.1) is 0 Å². The van der Waals surface area contributed by atoms with E-state index in [2.05, 4.69) is 22.8 Å². The molecule has 5 heterocycles. The third-order valence-electron chi connectivity index (χ3n) is 9.96. The summed E-state index contributed by atoms with van der Waals surface area (Å²) in [7, 11) is 0. The average Bonchev–Trinajstić information content (AvgIpc) is 3.49. The van der Waals surface area contributed by atoms with Gasteiger partial charge >= 0.3 is 0 Å². The van der Waals surface area contributed by atoms with Gasteiger partial charge in [-0.05, 0) is 56.2 Å². The number of nitrogens with zero attached hydrogens (tertiary/aromatic N) is 4. The Hall–Kier alpha value is -2.93. The number of aromatic nitrogens is 1. The summed E-state index contributed by atoms with van der Waals surface area (Å²) in [5, 5.41) is 20.7. The Balaban J connectivity index is 1.27. The second kappa shape index (κ2) is 9.86. The number of halogens is 1. The number of nitriles is 1. The van der Waals surface area contributed by atoms with Gasteiger partial charge in [-0.3, -0.25) is 4.90 Å². The summed E-state index contributed by atoms with van der Waals surface area (Å²) >= 11 is 0. The van der Waals surface area contributed by atoms with E-state index in [1.807, 2.05) is 12.1 Å². The zero-order valence-electron chi connectivity index (χ0n) is 23.1. The molecular formula is C31H37FN4O4. The van der Waals surface area contributed by atoms with Gasteiger partial charge in [0.2, 0.25) is 5.88 Å². The molecule has 0 bridgehead atoms. The van der Waals surface area contributed by atoms with Crippen molar-refractivity contribution in [2.24, 2.45) is 0 Å². The largest absolute Gasteiger partial charge is 0.507 e. The van der Waals surface area contributed by atoms with Crippen LogP contribution in [0.3, 0.4) is 0 Å². The van der Waals surface area contributed by atoms with Crippen molar-refractivity contribution in [3.63, 3.8) is 0 Å². The molecule has 1 aliphatic carbocycles. The highest BCUT2D eigenvalue weighted by Gasteiger charge is 2.50. The average molecular weight is 549 g/mol. The summed E-state index contributed by atoms with van der Waals surface area (Å²) < 4.78 is 33.4. The lowest BCUT2D eigenvalue weighted by molar-refractivity contribution is -0.0873. The van der Waals surface area contributed by atoms with Gasteiger partial charge in [-0.25, -0.2) is 9.37 Å². The number of ether oxygens (including phenoxy) is 3. The number of alkyl halides is 1. The first-order valence-electron chi connectivity index (χ1n) is 14.7. The first-order valence-corrected chi connectivity index (χ1v) is 14.7. The van der Waals surface area contributed by atoms with Gasteiger partial charge in [0.25, 0.3) is 0 Å². The summed E-state index contributed by atoms with van der Waals surface area (Å²) in [5.41, 5.74) is 4.08. The molecule has 8 nitrogen and oxygen atoms in total. The van der Waals surface area contributed by atoms with Crippen molar-refractivity contribution < 1.29 is 23.7 Å². The van der Waals surface area contributed by atoms with E-state index in [9.17, 15) is 14.8 Å². The minimum absolute atomic E-state index is 0.0107. The molecule has 0 radical (unpaired) electrons. The predicted octanol–water partition coefficient (Wildman–Crippen LogP) is 4.66. The van der Waals surface area contributed by atoms with E-state index in [0.717, 1.165) is 79.9 Å². The van der Waals surface area contributed by atoms with Crippen LogP contribution in [0.25, 0.3) is 0 Å². The molecule has 4 aliphatic heterocycles. The monoisotopic (exact) mass is 548 g/mol. The molecule has 5 aliphatic rings. The lowest BCUT2D eigenvalue weighted by Gasteiger charge is -2.45. The molecule has 1 spiro atoms. The Bertz CT molecular complexity index is 1360. The Labute approximate surface area is 234 Å². The van der Waals surface area contributed by atoms with Crippen molar-refractivity contribution in [1.29, 1.82) is 5.26 Å². The molecule has 3 saturated heterocycles. The van der Waals surface area contributed by atoms with Crippen LogP contribution >= 0.6 is 0 Å². The third-order valence-corrected chi connectivity index (χ3v) is 9.96. The molecule has 0 saturated carbocycles. The van der Waals surface area contributed by atoms with Crippen molar-refractivity contribution in [3.05, 3.63) is 46.1 Å². The number of hydrogen-bond donors (Lipinski definition) is 1. The van der Waals surface area contributed by atoms with Crippen molar-refractivity contribution in [1.82, 2.24) is 9.88 Å². The molecule has 40 heavy (non-hydrogen) atoms. The third kappa shape index (κ3) is 4.15. The number of phenolic OH excluding ortho intramolecular Hbond substituents is 1. The standard InChI is InChI=1S/C31H37FN4O4/c1-20-6-8-31(29-22(20)4-5-27(37)23(29)15-33)14-25-24(17-40-31)26(35-9-3-11-38-19-35)12-28(34-25)39-18-30-7-2-10-36(30)16-21(32)13-30/h4-5,12,20-21,37H,2-3,6-11,13-14,16-19H2,1H3/t20-,21+,30-,31+/m0/s1. The highest BCUT2D eigenvalue weighted by molar-refractivity contribution is 5.61. The summed E-state index contributed by atoms with van der Waals surface area (Å²) in [4.78, 5) is 9.53. The number of pyridine rings is 1. The van der Waals surface area contributed by atoms with Crippen LogP contribution in [0.5, 0.6) is 11.6 Å². The van der Waals surface area contributed by atoms with Crippen LogP contribution in [-0.4, -0.2) is 66.3 Å². The molecular weight excluding hydrogens is 511 g/mol. The number of phenols is 1. The van der Waals surface area contributed by atoms with Crippen LogP contribution < -0.4 is 9.64 Å². The lowest BCUT2D eigenvalue weighted by Crippen LogP contribution is -2.44. The molecule has 9 heteroatoms. The van der Waals surface area contributed by atoms with E-state index in [0.29, 0.717) is 50.8 Å². The van der Waals surface area contributed by atoms with Gasteiger partial charge in [0, 0.05) is 43.1 Å². The van der Waals surface area contributed by atoms with E-state index in [1.54, 1.807) is 6.07 Å². The van der Waals surface area contributed by atoms with E-state index in [1.165, 1.54) is 0 Å². The van der Waals surface area contributed by atoms with Gasteiger partial charge in [-0.2, -0.15) is 5.26 Å². The van der Waals surface area contributed by atoms with Crippen LogP contribution in [0.4, 0.5) is 10.1 Å². The summed E-state index contributed by atoms with van der Waals surface area (Å²) in [6.07, 6.45) is 4.79. The van der Waals surface area contributed by atoms with Crippen molar-refractivity contribution in [3.8, 4) is 17.7 Å². The Morgan fingerprint density at radius 1 is 1.27 bits per heavy atom. The smallest absolute Gasteiger partial charge is 0.215 e. The lowest BCUT2D eigenvalue weighted by atomic mass is 9.69. The Kier molecular flexibility index (Phi) is 6.41. The van der Waals surface area contributed by atoms with E-state index < -0.39 is 11.8 Å². The van der Waals surface area contributed by atoms with Crippen molar-refractivity contribution in [2.45, 2.75) is 81.7 Å². The zero-order chi connectivity index (χ0) is 27.5. The normalized spacial score (nSPS) is 31.5. The molecule has 0 unspecified atom stereocenters. The van der Waals surface area contributed by atoms with E-state index >= 15 is 0 Å². The predicted molar refractivity (Wildman–Crippen MR) is 146 cm³/mol. The molecule has 3 fully saturated rings. The Morgan fingerprint density at radius 3 is 3.00 bits per heavy atom. The van der Waals surface area contributed by atoms with Gasteiger partial charge in [-0.1, -0.05) is 13.0 Å². The number of aromatic hydroxyl groups is 1. The quantitative estimate of drug-likeness (QED) is 0.590. The minimum atomic E-state index is -0.807. The summed E-state index contributed by atoms with van der Waals surface area (Å²) in [5.74, 6) is 0.797. The van der Waals surface area contributed by atoms with Gasteiger partial charge in [0.1, 0.15) is 42.5 Å². The van der Waals surface area contributed by atoms with Crippen LogP contribution in [0.1, 0.15) is 79.3 Å². The number of benzene rings is 1. The highest BCUT2D eigenvalue weighted by atomic mass is 19.1. The van der Waals surface area contributed by atoms with Crippen LogP contribution in [0, 0.1) is 11.3 Å². The first-order chi connectivity index (χ1) is 19.4. The topological polar surface area (TPSA) is 91.1 Å². The fraction of sp³-hybridized carbons (Fsp3) is 0.613. The molecule has 1 aromatic carbocycles. The molecule has 1 aromatic heterocycles. The van der Waals surface area contributed by atoms with Gasteiger partial charge in [0.05, 0.1) is 30.1 Å². The van der Waals surface area contributed by atoms with Crippen LogP contribution in [0.15, 0.2) is 18.2 Å². The second-order valence-corrected chi connectivity index (χ2v) is 12.4. The maximum Gasteiger partial charge on any atom is 0.215 e. The van der Waals surface area contributed by atoms with E-state index in [-0.39, 0.29) is 17.2 Å². The molecule has 7 rings (SSSR count). The zero-order valence-corrected chi connectivity index (χ0v) is 23.1. The van der Waals surface area contributed by atoms with E-state index in [4.69, 9.17) is 19.2 Å². The maximum atomic E-state index is 14.4. The van der Waals surface area contributed by atoms with Crippen LogP contribution in [-0.2, 0) is 28.1 Å². The SMILES string of the molecule is C[C@H]1CC[C@@]2(Cc3nc(OC[C@@]45CCCN4C[C@H](F)C5)cc(N4CCCOC4)c3CO2)c2c1ccc(O)c2C#N. The molecule has 0 amide bonds. The first kappa shape index (κ1) is 26.0. The second-order valence-electron chi connectivity index (χ2n) is 12.4. The number of rotatable bonds is 4. The van der Waals surface area contributed by atoms with Gasteiger partial charge < -0.3 is 24.2 Å². The maximum absolute atomic E-state index is 14.4. The summed E-state index contributed by atoms with van der Waals surface area (Å²) in [6.45, 7) is 6.45.